The van der Waals surface area contributed by atoms with E-state index < -0.39 is 0 Å². The summed E-state index contributed by atoms with van der Waals surface area (Å²) in [6, 6.07) is 7.71. The van der Waals surface area contributed by atoms with Crippen LogP contribution in [0.25, 0.3) is 0 Å². The Bertz CT molecular complexity index is 428. The van der Waals surface area contributed by atoms with Crippen LogP contribution in [0.1, 0.15) is 29.3 Å². The second kappa shape index (κ2) is 5.63. The van der Waals surface area contributed by atoms with E-state index in [4.69, 9.17) is 0 Å². The molecule has 0 spiro atoms. The van der Waals surface area contributed by atoms with Crippen LogP contribution in [-0.2, 0) is 0 Å². The van der Waals surface area contributed by atoms with Crippen molar-refractivity contribution >= 4 is 5.78 Å². The van der Waals surface area contributed by atoms with Gasteiger partial charge in [-0.15, -0.1) is 0 Å². The van der Waals surface area contributed by atoms with Gasteiger partial charge in [0.2, 0.25) is 0 Å². The number of aryl methyl sites for hydroxylation is 1. The minimum atomic E-state index is -0.274. The van der Waals surface area contributed by atoms with Gasteiger partial charge in [-0.2, -0.15) is 0 Å². The van der Waals surface area contributed by atoms with Gasteiger partial charge in [0.05, 0.1) is 12.6 Å². The number of likely N-dealkylation sites (tertiary alicyclic amines) is 1. The highest BCUT2D eigenvalue weighted by molar-refractivity contribution is 5.98. The first kappa shape index (κ1) is 13.2. The molecule has 18 heavy (non-hydrogen) atoms. The highest BCUT2D eigenvalue weighted by atomic mass is 16.3. The van der Waals surface area contributed by atoms with Crippen molar-refractivity contribution in [2.45, 2.75) is 26.4 Å². The molecule has 1 aliphatic heterocycles. The van der Waals surface area contributed by atoms with Crippen LogP contribution in [0.15, 0.2) is 24.3 Å². The van der Waals surface area contributed by atoms with Gasteiger partial charge in [-0.1, -0.05) is 24.3 Å². The van der Waals surface area contributed by atoms with E-state index in [1.54, 1.807) is 0 Å². The summed E-state index contributed by atoms with van der Waals surface area (Å²) in [5.41, 5.74) is 1.85. The predicted molar refractivity (Wildman–Crippen MR) is 71.7 cm³/mol. The predicted octanol–water partition coefficient (Wildman–Crippen LogP) is 1.88. The summed E-state index contributed by atoms with van der Waals surface area (Å²) in [7, 11) is 0. The van der Waals surface area contributed by atoms with Gasteiger partial charge in [-0.05, 0) is 38.3 Å². The van der Waals surface area contributed by atoms with Crippen molar-refractivity contribution in [3.05, 3.63) is 35.4 Å². The van der Waals surface area contributed by atoms with Gasteiger partial charge in [0.15, 0.2) is 5.78 Å². The zero-order valence-electron chi connectivity index (χ0n) is 11.1. The molecule has 1 aliphatic rings. The number of aliphatic hydroxyl groups excluding tert-OH is 1. The van der Waals surface area contributed by atoms with Crippen molar-refractivity contribution in [3.63, 3.8) is 0 Å². The maximum Gasteiger partial charge on any atom is 0.177 e. The molecular weight excluding hydrogens is 226 g/mol. The smallest absolute Gasteiger partial charge is 0.177 e. The first-order valence-corrected chi connectivity index (χ1v) is 6.57. The zero-order valence-corrected chi connectivity index (χ0v) is 11.1. The highest BCUT2D eigenvalue weighted by Crippen LogP contribution is 2.20. The molecule has 1 fully saturated rings. The quantitative estimate of drug-likeness (QED) is 0.826. The van der Waals surface area contributed by atoms with Gasteiger partial charge in [-0.3, -0.25) is 9.69 Å². The van der Waals surface area contributed by atoms with E-state index in [1.807, 2.05) is 38.1 Å². The van der Waals surface area contributed by atoms with Crippen LogP contribution in [-0.4, -0.2) is 41.5 Å². The summed E-state index contributed by atoms with van der Waals surface area (Å²) in [5, 5.41) is 9.55. The molecule has 3 heteroatoms. The zero-order chi connectivity index (χ0) is 13.1. The summed E-state index contributed by atoms with van der Waals surface area (Å²) < 4.78 is 0. The Kier molecular flexibility index (Phi) is 4.15. The average Bonchev–Trinajstić information content (AvgIpc) is 2.78. The summed E-state index contributed by atoms with van der Waals surface area (Å²) in [4.78, 5) is 14.3. The molecule has 98 valence electrons. The third-order valence-corrected chi connectivity index (χ3v) is 3.80. The largest absolute Gasteiger partial charge is 0.393 e. The molecule has 0 amide bonds. The molecule has 3 nitrogen and oxygen atoms in total. The molecule has 0 bridgehead atoms. The molecule has 0 aromatic heterocycles. The molecule has 1 aromatic carbocycles. The lowest BCUT2D eigenvalue weighted by atomic mass is 10.0. The standard InChI is InChI=1S/C15H21NO2/c1-11-5-3-4-6-14(11)15(18)10-16-8-7-13(9-16)12(2)17/h3-6,12-13,17H,7-10H2,1-2H3. The third kappa shape index (κ3) is 2.98. The van der Waals surface area contributed by atoms with E-state index in [1.165, 1.54) is 0 Å². The van der Waals surface area contributed by atoms with Crippen molar-refractivity contribution in [1.82, 2.24) is 4.90 Å². The molecule has 1 heterocycles. The van der Waals surface area contributed by atoms with Gasteiger partial charge >= 0.3 is 0 Å². The second-order valence-electron chi connectivity index (χ2n) is 5.26. The number of hydrogen-bond acceptors (Lipinski definition) is 3. The van der Waals surface area contributed by atoms with E-state index in [2.05, 4.69) is 4.90 Å². The van der Waals surface area contributed by atoms with E-state index in [0.717, 1.165) is 30.6 Å². The number of aliphatic hydroxyl groups is 1. The summed E-state index contributed by atoms with van der Waals surface area (Å²) >= 11 is 0. The molecule has 2 rings (SSSR count). The number of carbonyl (C=O) groups is 1. The third-order valence-electron chi connectivity index (χ3n) is 3.80. The average molecular weight is 247 g/mol. The van der Waals surface area contributed by atoms with Crippen LogP contribution in [0.4, 0.5) is 0 Å². The Balaban J connectivity index is 1.95. The van der Waals surface area contributed by atoms with Crippen molar-refractivity contribution in [2.75, 3.05) is 19.6 Å². The molecular formula is C15H21NO2. The molecule has 1 saturated heterocycles. The number of rotatable bonds is 4. The lowest BCUT2D eigenvalue weighted by Crippen LogP contribution is -2.29. The normalized spacial score (nSPS) is 22.1. The minimum Gasteiger partial charge on any atom is -0.393 e. The lowest BCUT2D eigenvalue weighted by Gasteiger charge is -2.17. The summed E-state index contributed by atoms with van der Waals surface area (Å²) in [6.45, 7) is 6.00. The van der Waals surface area contributed by atoms with E-state index in [9.17, 15) is 9.90 Å². The number of carbonyl (C=O) groups excluding carboxylic acids is 1. The van der Waals surface area contributed by atoms with Gasteiger partial charge in [0.1, 0.15) is 0 Å². The number of nitrogens with zero attached hydrogens (tertiary/aromatic N) is 1. The lowest BCUT2D eigenvalue weighted by molar-refractivity contribution is 0.0925. The Morgan fingerprint density at radius 2 is 2.22 bits per heavy atom. The van der Waals surface area contributed by atoms with E-state index >= 15 is 0 Å². The van der Waals surface area contributed by atoms with Gasteiger partial charge in [0.25, 0.3) is 0 Å². The van der Waals surface area contributed by atoms with Crippen LogP contribution in [0.3, 0.4) is 0 Å². The van der Waals surface area contributed by atoms with E-state index in [0.29, 0.717) is 12.5 Å². The molecule has 0 radical (unpaired) electrons. The topological polar surface area (TPSA) is 40.5 Å². The highest BCUT2D eigenvalue weighted by Gasteiger charge is 2.27. The number of Topliss-reactive ketones (excluding diaryl/α,β-unsaturated/α-hetero) is 1. The number of ketones is 1. The number of hydrogen-bond donors (Lipinski definition) is 1. The van der Waals surface area contributed by atoms with E-state index in [-0.39, 0.29) is 11.9 Å². The fourth-order valence-corrected chi connectivity index (χ4v) is 2.57. The monoisotopic (exact) mass is 247 g/mol. The molecule has 2 unspecified atom stereocenters. The summed E-state index contributed by atoms with van der Waals surface area (Å²) in [5.74, 6) is 0.494. The van der Waals surface area contributed by atoms with Gasteiger partial charge < -0.3 is 5.11 Å². The first-order valence-electron chi connectivity index (χ1n) is 6.57. The Morgan fingerprint density at radius 1 is 1.50 bits per heavy atom. The van der Waals surface area contributed by atoms with Crippen LogP contribution < -0.4 is 0 Å². The maximum absolute atomic E-state index is 12.2. The van der Waals surface area contributed by atoms with Gasteiger partial charge in [-0.25, -0.2) is 0 Å². The van der Waals surface area contributed by atoms with Gasteiger partial charge in [0, 0.05) is 12.1 Å². The Labute approximate surface area is 108 Å². The second-order valence-corrected chi connectivity index (χ2v) is 5.26. The van der Waals surface area contributed by atoms with Crippen molar-refractivity contribution in [2.24, 2.45) is 5.92 Å². The molecule has 0 saturated carbocycles. The molecule has 2 atom stereocenters. The fourth-order valence-electron chi connectivity index (χ4n) is 2.57. The Hall–Kier alpha value is -1.19. The first-order chi connectivity index (χ1) is 8.58. The summed E-state index contributed by atoms with van der Waals surface area (Å²) in [6.07, 6.45) is 0.710. The van der Waals surface area contributed by atoms with Crippen LogP contribution in [0.5, 0.6) is 0 Å². The molecule has 1 N–H and O–H groups in total. The van der Waals surface area contributed by atoms with Crippen molar-refractivity contribution in [3.8, 4) is 0 Å². The maximum atomic E-state index is 12.2. The minimum absolute atomic E-state index is 0.180. The SMILES string of the molecule is Cc1ccccc1C(=O)CN1CCC(C(C)O)C1. The van der Waals surface area contributed by atoms with Crippen molar-refractivity contribution in [1.29, 1.82) is 0 Å². The number of benzene rings is 1. The van der Waals surface area contributed by atoms with Crippen LogP contribution in [0.2, 0.25) is 0 Å². The Morgan fingerprint density at radius 3 is 2.83 bits per heavy atom. The molecule has 1 aromatic rings. The van der Waals surface area contributed by atoms with Crippen LogP contribution in [0, 0.1) is 12.8 Å². The van der Waals surface area contributed by atoms with Crippen LogP contribution >= 0.6 is 0 Å². The molecule has 0 aliphatic carbocycles. The fraction of sp³-hybridized carbons (Fsp3) is 0.533. The van der Waals surface area contributed by atoms with Crippen molar-refractivity contribution < 1.29 is 9.90 Å².